The smallest absolute Gasteiger partial charge is 0.268 e. The molecule has 1 aliphatic rings. The van der Waals surface area contributed by atoms with E-state index in [9.17, 15) is 24.0 Å². The number of nitriles is 1. The van der Waals surface area contributed by atoms with Crippen LogP contribution in [0.1, 0.15) is 29.8 Å². The van der Waals surface area contributed by atoms with Crippen molar-refractivity contribution in [3.05, 3.63) is 34.2 Å². The summed E-state index contributed by atoms with van der Waals surface area (Å²) in [6.45, 7) is 0.292. The first kappa shape index (κ1) is 20.8. The van der Waals surface area contributed by atoms with E-state index in [-0.39, 0.29) is 35.0 Å². The summed E-state index contributed by atoms with van der Waals surface area (Å²) >= 11 is 3.12. The average molecular weight is 464 g/mol. The third-order valence-electron chi connectivity index (χ3n) is 4.75. The summed E-state index contributed by atoms with van der Waals surface area (Å²) in [5, 5.41) is 17.6. The van der Waals surface area contributed by atoms with Crippen LogP contribution in [0.4, 0.5) is 4.39 Å². The molecule has 0 saturated carbocycles. The lowest BCUT2D eigenvalue weighted by atomic mass is 9.92. The van der Waals surface area contributed by atoms with Gasteiger partial charge in [0, 0.05) is 17.8 Å². The summed E-state index contributed by atoms with van der Waals surface area (Å²) in [5.41, 5.74) is 0.615. The normalized spacial score (nSPS) is 17.3. The van der Waals surface area contributed by atoms with Gasteiger partial charge >= 0.3 is 0 Å². The van der Waals surface area contributed by atoms with E-state index < -0.39 is 23.7 Å². The molecule has 0 aliphatic carbocycles. The fourth-order valence-corrected chi connectivity index (χ4v) is 3.71. The van der Waals surface area contributed by atoms with Gasteiger partial charge in [-0.1, -0.05) is 0 Å². The lowest BCUT2D eigenvalue weighted by molar-refractivity contribution is -0.127. The van der Waals surface area contributed by atoms with Crippen molar-refractivity contribution in [3.63, 3.8) is 0 Å². The molecule has 0 spiro atoms. The Labute approximate surface area is 174 Å². The van der Waals surface area contributed by atoms with E-state index >= 15 is 0 Å². The van der Waals surface area contributed by atoms with Crippen LogP contribution in [0.15, 0.2) is 22.7 Å². The Morgan fingerprint density at radius 3 is 2.93 bits per heavy atom. The Morgan fingerprint density at radius 2 is 2.21 bits per heavy atom. The van der Waals surface area contributed by atoms with Crippen LogP contribution in [0.25, 0.3) is 10.9 Å². The van der Waals surface area contributed by atoms with Crippen molar-refractivity contribution in [1.82, 2.24) is 20.9 Å². The predicted molar refractivity (Wildman–Crippen MR) is 106 cm³/mol. The van der Waals surface area contributed by atoms with E-state index in [1.165, 1.54) is 12.1 Å². The van der Waals surface area contributed by atoms with Crippen molar-refractivity contribution in [2.75, 3.05) is 13.1 Å². The lowest BCUT2D eigenvalue weighted by Crippen LogP contribution is -2.44. The molecule has 29 heavy (non-hydrogen) atoms. The average Bonchev–Trinajstić information content (AvgIpc) is 3.15. The highest BCUT2D eigenvalue weighted by Crippen LogP contribution is 2.26. The maximum absolute atomic E-state index is 13.6. The highest BCUT2D eigenvalue weighted by Gasteiger charge is 2.26. The topological polar surface area (TPSA) is 127 Å². The number of fused-ring (bicyclic) bond motifs is 1. The van der Waals surface area contributed by atoms with Crippen LogP contribution < -0.4 is 16.0 Å². The molecule has 1 fully saturated rings. The zero-order chi connectivity index (χ0) is 21.0. The largest absolute Gasteiger partial charge is 0.356 e. The molecule has 4 N–H and O–H groups in total. The van der Waals surface area contributed by atoms with E-state index in [2.05, 4.69) is 36.9 Å². The van der Waals surface area contributed by atoms with Gasteiger partial charge in [-0.2, -0.15) is 5.26 Å². The van der Waals surface area contributed by atoms with Gasteiger partial charge < -0.3 is 20.9 Å². The fourth-order valence-electron chi connectivity index (χ4n) is 3.25. The van der Waals surface area contributed by atoms with E-state index in [0.29, 0.717) is 23.9 Å². The van der Waals surface area contributed by atoms with Crippen LogP contribution in [0.3, 0.4) is 0 Å². The summed E-state index contributed by atoms with van der Waals surface area (Å²) in [7, 11) is 0. The number of aromatic nitrogens is 1. The highest BCUT2D eigenvalue weighted by atomic mass is 79.9. The van der Waals surface area contributed by atoms with Crippen molar-refractivity contribution < 1.29 is 18.8 Å². The number of aromatic amines is 1. The van der Waals surface area contributed by atoms with Gasteiger partial charge in [-0.15, -0.1) is 0 Å². The molecule has 1 aromatic carbocycles. The minimum Gasteiger partial charge on any atom is -0.356 e. The second-order valence-corrected chi connectivity index (χ2v) is 7.60. The van der Waals surface area contributed by atoms with Crippen LogP contribution in [0, 0.1) is 23.1 Å². The fraction of sp³-hybridized carbons (Fsp3) is 0.368. The molecule has 0 radical (unpaired) electrons. The zero-order valence-electron chi connectivity index (χ0n) is 15.4. The highest BCUT2D eigenvalue weighted by molar-refractivity contribution is 9.10. The molecular weight excluding hydrogens is 445 g/mol. The minimum absolute atomic E-state index is 0.111. The summed E-state index contributed by atoms with van der Waals surface area (Å²) in [5.74, 6) is -1.96. The number of carbonyl (C=O) groups is 3. The van der Waals surface area contributed by atoms with Gasteiger partial charge in [0.15, 0.2) is 0 Å². The zero-order valence-corrected chi connectivity index (χ0v) is 16.9. The van der Waals surface area contributed by atoms with Crippen LogP contribution >= 0.6 is 15.9 Å². The van der Waals surface area contributed by atoms with Gasteiger partial charge in [-0.25, -0.2) is 4.39 Å². The van der Waals surface area contributed by atoms with Crippen LogP contribution in [-0.2, 0) is 9.59 Å². The molecule has 1 saturated heterocycles. The van der Waals surface area contributed by atoms with Crippen molar-refractivity contribution in [2.24, 2.45) is 5.92 Å². The molecule has 10 heteroatoms. The van der Waals surface area contributed by atoms with E-state index in [1.54, 1.807) is 6.07 Å². The van der Waals surface area contributed by atoms with Crippen LogP contribution in [0.2, 0.25) is 0 Å². The third-order valence-corrected chi connectivity index (χ3v) is 5.53. The number of carbonyl (C=O) groups excluding carboxylic acids is 3. The Bertz CT molecular complexity index is 1000. The number of amides is 3. The molecule has 1 aromatic heterocycles. The number of hydrogen-bond acceptors (Lipinski definition) is 4. The van der Waals surface area contributed by atoms with Gasteiger partial charge in [0.2, 0.25) is 11.8 Å². The number of nitrogens with zero attached hydrogens (tertiary/aromatic N) is 1. The van der Waals surface area contributed by atoms with Crippen molar-refractivity contribution in [1.29, 1.82) is 5.26 Å². The Kier molecular flexibility index (Phi) is 6.49. The standard InChI is InChI=1S/C19H19BrFN5O3/c20-16-13(21)4-3-10-7-14(26-17(10)16)19(29)24-9-15(27)25-12(8-22)6-11-2-1-5-23-18(11)28/h3-4,7,11-12,26H,1-2,5-6,9H2,(H,23,28)(H,24,29)(H,25,27)/t11-,12-/m0/s1. The summed E-state index contributed by atoms with van der Waals surface area (Å²) in [6.07, 6.45) is 1.74. The monoisotopic (exact) mass is 463 g/mol. The third kappa shape index (κ3) is 4.92. The number of nitrogens with one attached hydrogen (secondary N) is 4. The summed E-state index contributed by atoms with van der Waals surface area (Å²) in [6, 6.07) is 5.52. The molecule has 1 aliphatic heterocycles. The number of rotatable bonds is 6. The van der Waals surface area contributed by atoms with Crippen molar-refractivity contribution >= 4 is 44.6 Å². The minimum atomic E-state index is -0.819. The van der Waals surface area contributed by atoms with Gasteiger partial charge in [0.1, 0.15) is 17.6 Å². The SMILES string of the molecule is N#C[C@H](C[C@@H]1CCCNC1=O)NC(=O)CNC(=O)c1cc2ccc(F)c(Br)c2[nH]1. The Balaban J connectivity index is 1.54. The van der Waals surface area contributed by atoms with Crippen molar-refractivity contribution in [3.8, 4) is 6.07 Å². The van der Waals surface area contributed by atoms with Crippen molar-refractivity contribution in [2.45, 2.75) is 25.3 Å². The molecule has 2 heterocycles. The second-order valence-electron chi connectivity index (χ2n) is 6.81. The molecular formula is C19H19BrFN5O3. The number of halogens is 2. The summed E-state index contributed by atoms with van der Waals surface area (Å²) in [4.78, 5) is 39.0. The molecule has 2 aromatic rings. The van der Waals surface area contributed by atoms with Gasteiger partial charge in [-0.3, -0.25) is 14.4 Å². The molecule has 3 rings (SSSR count). The van der Waals surface area contributed by atoms with Gasteiger partial charge in [0.05, 0.1) is 22.6 Å². The van der Waals surface area contributed by atoms with Gasteiger partial charge in [-0.05, 0) is 53.4 Å². The van der Waals surface area contributed by atoms with E-state index in [0.717, 1.165) is 6.42 Å². The maximum atomic E-state index is 13.6. The predicted octanol–water partition coefficient (Wildman–Crippen LogP) is 1.72. The number of hydrogen-bond donors (Lipinski definition) is 4. The first-order valence-corrected chi connectivity index (χ1v) is 9.90. The lowest BCUT2D eigenvalue weighted by Gasteiger charge is -2.23. The summed E-state index contributed by atoms with van der Waals surface area (Å²) < 4.78 is 13.8. The number of piperidine rings is 1. The van der Waals surface area contributed by atoms with Crippen LogP contribution in [-0.4, -0.2) is 41.8 Å². The molecule has 0 bridgehead atoms. The quantitative estimate of drug-likeness (QED) is 0.519. The van der Waals surface area contributed by atoms with Gasteiger partial charge in [0.25, 0.3) is 5.91 Å². The molecule has 0 unspecified atom stereocenters. The maximum Gasteiger partial charge on any atom is 0.268 e. The Morgan fingerprint density at radius 1 is 1.41 bits per heavy atom. The molecule has 3 amide bonds. The molecule has 152 valence electrons. The van der Waals surface area contributed by atoms with E-state index in [1.807, 2.05) is 6.07 Å². The van der Waals surface area contributed by atoms with Crippen LogP contribution in [0.5, 0.6) is 0 Å². The number of benzene rings is 1. The number of H-pyrrole nitrogens is 1. The van der Waals surface area contributed by atoms with E-state index in [4.69, 9.17) is 0 Å². The molecule has 2 atom stereocenters. The first-order chi connectivity index (χ1) is 13.9. The second kappa shape index (κ2) is 9.05. The first-order valence-electron chi connectivity index (χ1n) is 9.10. The Hall–Kier alpha value is -2.93. The molecule has 8 nitrogen and oxygen atoms in total.